The number of hydrogen-bond donors (Lipinski definition) is 1. The molecule has 0 saturated carbocycles. The van der Waals surface area contributed by atoms with Crippen LogP contribution < -0.4 is 10.5 Å². The number of benzene rings is 1. The van der Waals surface area contributed by atoms with Gasteiger partial charge in [-0.15, -0.1) is 0 Å². The minimum atomic E-state index is 0.453. The van der Waals surface area contributed by atoms with Gasteiger partial charge in [-0.3, -0.25) is 4.98 Å². The lowest BCUT2D eigenvalue weighted by atomic mass is 10.1. The molecule has 0 aliphatic heterocycles. The van der Waals surface area contributed by atoms with E-state index >= 15 is 0 Å². The van der Waals surface area contributed by atoms with E-state index in [1.165, 1.54) is 0 Å². The molecule has 2 rings (SSSR count). The Hall–Kier alpha value is -1.61. The molecule has 3 nitrogen and oxygen atoms in total. The minimum Gasteiger partial charge on any atom is -0.492 e. The van der Waals surface area contributed by atoms with Gasteiger partial charge in [0.25, 0.3) is 0 Å². The van der Waals surface area contributed by atoms with E-state index in [1.54, 1.807) is 0 Å². The highest BCUT2D eigenvalue weighted by Crippen LogP contribution is 2.28. The molecular formula is C15H20N2O. The van der Waals surface area contributed by atoms with Crippen molar-refractivity contribution >= 4 is 10.9 Å². The van der Waals surface area contributed by atoms with E-state index in [4.69, 9.17) is 10.5 Å². The summed E-state index contributed by atoms with van der Waals surface area (Å²) in [6.45, 7) is 5.56. The molecule has 0 atom stereocenters. The molecule has 2 N–H and O–H groups in total. The summed E-state index contributed by atoms with van der Waals surface area (Å²) in [5.74, 6) is 1.53. The summed E-state index contributed by atoms with van der Waals surface area (Å²) in [6.07, 6.45) is 2.85. The lowest BCUT2D eigenvalue weighted by molar-refractivity contribution is 0.290. The first-order valence-corrected chi connectivity index (χ1v) is 6.42. The largest absolute Gasteiger partial charge is 0.492 e. The van der Waals surface area contributed by atoms with Crippen molar-refractivity contribution in [2.45, 2.75) is 26.8 Å². The Morgan fingerprint density at radius 3 is 2.78 bits per heavy atom. The Morgan fingerprint density at radius 1 is 1.28 bits per heavy atom. The standard InChI is InChI=1S/C15H20N2O/c1-11(2)7-8-18-15-12(9-16)10-17-14-6-4-3-5-13(14)15/h3-6,10-11H,7-9,16H2,1-2H3. The molecule has 0 radical (unpaired) electrons. The number of ether oxygens (including phenoxy) is 1. The Morgan fingerprint density at radius 2 is 2.06 bits per heavy atom. The zero-order valence-electron chi connectivity index (χ0n) is 11.0. The lowest BCUT2D eigenvalue weighted by Crippen LogP contribution is -2.07. The summed E-state index contributed by atoms with van der Waals surface area (Å²) < 4.78 is 5.93. The van der Waals surface area contributed by atoms with Gasteiger partial charge in [0.1, 0.15) is 5.75 Å². The van der Waals surface area contributed by atoms with Gasteiger partial charge < -0.3 is 10.5 Å². The van der Waals surface area contributed by atoms with E-state index in [0.29, 0.717) is 12.5 Å². The highest BCUT2D eigenvalue weighted by atomic mass is 16.5. The lowest BCUT2D eigenvalue weighted by Gasteiger charge is -2.13. The third-order valence-corrected chi connectivity index (χ3v) is 2.96. The molecule has 1 aromatic carbocycles. The van der Waals surface area contributed by atoms with Crippen LogP contribution in [-0.4, -0.2) is 11.6 Å². The molecule has 0 amide bonds. The second-order valence-corrected chi connectivity index (χ2v) is 4.86. The molecule has 0 fully saturated rings. The van der Waals surface area contributed by atoms with Crippen LogP contribution in [0.2, 0.25) is 0 Å². The maximum absolute atomic E-state index is 5.93. The van der Waals surface area contributed by atoms with Crippen molar-refractivity contribution in [1.29, 1.82) is 0 Å². The molecule has 0 aliphatic rings. The summed E-state index contributed by atoms with van der Waals surface area (Å²) in [4.78, 5) is 4.40. The van der Waals surface area contributed by atoms with E-state index in [1.807, 2.05) is 30.5 Å². The van der Waals surface area contributed by atoms with Crippen molar-refractivity contribution in [2.24, 2.45) is 11.7 Å². The van der Waals surface area contributed by atoms with Crippen LogP contribution in [0.1, 0.15) is 25.8 Å². The minimum absolute atomic E-state index is 0.453. The predicted octanol–water partition coefficient (Wildman–Crippen LogP) is 3.12. The molecule has 0 unspecified atom stereocenters. The van der Waals surface area contributed by atoms with Crippen LogP contribution in [0.5, 0.6) is 5.75 Å². The van der Waals surface area contributed by atoms with Gasteiger partial charge in [0.05, 0.1) is 12.1 Å². The van der Waals surface area contributed by atoms with Gasteiger partial charge in [-0.2, -0.15) is 0 Å². The molecule has 0 aliphatic carbocycles. The molecule has 1 aromatic heterocycles. The first-order valence-electron chi connectivity index (χ1n) is 6.42. The van der Waals surface area contributed by atoms with E-state index in [0.717, 1.165) is 35.2 Å². The third-order valence-electron chi connectivity index (χ3n) is 2.96. The molecule has 2 aromatic rings. The van der Waals surface area contributed by atoms with Gasteiger partial charge in [0.2, 0.25) is 0 Å². The van der Waals surface area contributed by atoms with Gasteiger partial charge in [-0.1, -0.05) is 26.0 Å². The van der Waals surface area contributed by atoms with Gasteiger partial charge in [-0.05, 0) is 24.5 Å². The first-order chi connectivity index (χ1) is 8.72. The number of nitrogens with zero attached hydrogens (tertiary/aromatic N) is 1. The number of fused-ring (bicyclic) bond motifs is 1. The summed E-state index contributed by atoms with van der Waals surface area (Å²) in [7, 11) is 0. The van der Waals surface area contributed by atoms with E-state index < -0.39 is 0 Å². The molecule has 18 heavy (non-hydrogen) atoms. The molecule has 3 heteroatoms. The van der Waals surface area contributed by atoms with Crippen molar-refractivity contribution < 1.29 is 4.74 Å². The molecule has 1 heterocycles. The Labute approximate surface area is 108 Å². The Balaban J connectivity index is 2.32. The average molecular weight is 244 g/mol. The summed E-state index contributed by atoms with van der Waals surface area (Å²) in [5.41, 5.74) is 7.68. The third kappa shape index (κ3) is 2.79. The van der Waals surface area contributed by atoms with Crippen molar-refractivity contribution in [3.8, 4) is 5.75 Å². The van der Waals surface area contributed by atoms with E-state index in [-0.39, 0.29) is 0 Å². The quantitative estimate of drug-likeness (QED) is 0.879. The predicted molar refractivity (Wildman–Crippen MR) is 74.6 cm³/mol. The van der Waals surface area contributed by atoms with E-state index in [9.17, 15) is 0 Å². The smallest absolute Gasteiger partial charge is 0.134 e. The van der Waals surface area contributed by atoms with Gasteiger partial charge in [0, 0.05) is 23.7 Å². The number of para-hydroxylation sites is 1. The highest BCUT2D eigenvalue weighted by Gasteiger charge is 2.09. The van der Waals surface area contributed by atoms with Crippen LogP contribution in [0.25, 0.3) is 10.9 Å². The van der Waals surface area contributed by atoms with Gasteiger partial charge in [-0.25, -0.2) is 0 Å². The van der Waals surface area contributed by atoms with E-state index in [2.05, 4.69) is 18.8 Å². The number of pyridine rings is 1. The van der Waals surface area contributed by atoms with Crippen LogP contribution in [0.15, 0.2) is 30.5 Å². The number of hydrogen-bond acceptors (Lipinski definition) is 3. The summed E-state index contributed by atoms with van der Waals surface area (Å²) in [5, 5.41) is 1.05. The van der Waals surface area contributed by atoms with Crippen LogP contribution in [0.3, 0.4) is 0 Å². The molecule has 0 bridgehead atoms. The number of nitrogens with two attached hydrogens (primary N) is 1. The molecule has 0 saturated heterocycles. The van der Waals surface area contributed by atoms with Crippen molar-refractivity contribution in [2.75, 3.05) is 6.61 Å². The Kier molecular flexibility index (Phi) is 4.15. The van der Waals surface area contributed by atoms with Gasteiger partial charge in [0.15, 0.2) is 0 Å². The van der Waals surface area contributed by atoms with Crippen molar-refractivity contribution in [1.82, 2.24) is 4.98 Å². The topological polar surface area (TPSA) is 48.1 Å². The normalized spacial score (nSPS) is 11.1. The summed E-state index contributed by atoms with van der Waals surface area (Å²) >= 11 is 0. The summed E-state index contributed by atoms with van der Waals surface area (Å²) in [6, 6.07) is 8.01. The fourth-order valence-corrected chi connectivity index (χ4v) is 1.87. The van der Waals surface area contributed by atoms with Crippen LogP contribution >= 0.6 is 0 Å². The maximum atomic E-state index is 5.93. The van der Waals surface area contributed by atoms with Crippen molar-refractivity contribution in [3.05, 3.63) is 36.0 Å². The van der Waals surface area contributed by atoms with Crippen LogP contribution in [-0.2, 0) is 6.54 Å². The van der Waals surface area contributed by atoms with Crippen LogP contribution in [0.4, 0.5) is 0 Å². The SMILES string of the molecule is CC(C)CCOc1c(CN)cnc2ccccc12. The van der Waals surface area contributed by atoms with Gasteiger partial charge >= 0.3 is 0 Å². The Bertz CT molecular complexity index is 523. The second kappa shape index (κ2) is 5.83. The maximum Gasteiger partial charge on any atom is 0.134 e. The molecule has 96 valence electrons. The number of aromatic nitrogens is 1. The monoisotopic (exact) mass is 244 g/mol. The molecular weight excluding hydrogens is 224 g/mol. The first kappa shape index (κ1) is 12.8. The highest BCUT2D eigenvalue weighted by molar-refractivity contribution is 5.86. The average Bonchev–Trinajstić information content (AvgIpc) is 2.38. The second-order valence-electron chi connectivity index (χ2n) is 4.86. The van der Waals surface area contributed by atoms with Crippen molar-refractivity contribution in [3.63, 3.8) is 0 Å². The van der Waals surface area contributed by atoms with Crippen LogP contribution in [0, 0.1) is 5.92 Å². The zero-order chi connectivity index (χ0) is 13.0. The number of rotatable bonds is 5. The molecule has 0 spiro atoms. The fraction of sp³-hybridized carbons (Fsp3) is 0.400. The zero-order valence-corrected chi connectivity index (χ0v) is 11.0. The fourth-order valence-electron chi connectivity index (χ4n) is 1.87.